The van der Waals surface area contributed by atoms with Crippen molar-refractivity contribution >= 4 is 32.3 Å². The Morgan fingerprint density at radius 1 is 0.467 bits per heavy atom. The monoisotopic (exact) mass is 386 g/mol. The van der Waals surface area contributed by atoms with E-state index in [-0.39, 0.29) is 11.5 Å². The van der Waals surface area contributed by atoms with Gasteiger partial charge in [0.25, 0.3) is 0 Å². The van der Waals surface area contributed by atoms with E-state index in [0.29, 0.717) is 5.56 Å². The highest BCUT2D eigenvalue weighted by Crippen LogP contribution is 2.40. The molecule has 6 rings (SSSR count). The van der Waals surface area contributed by atoms with Gasteiger partial charge in [-0.15, -0.1) is 0 Å². The van der Waals surface area contributed by atoms with Crippen molar-refractivity contribution < 1.29 is 10.2 Å². The minimum Gasteiger partial charge on any atom is -0.508 e. The Bertz CT molecular complexity index is 1530. The molecule has 0 heterocycles. The van der Waals surface area contributed by atoms with Crippen LogP contribution in [-0.2, 0) is 0 Å². The van der Waals surface area contributed by atoms with Crippen molar-refractivity contribution in [2.75, 3.05) is 0 Å². The Balaban J connectivity index is 1.55. The molecule has 0 bridgehead atoms. The third kappa shape index (κ3) is 2.44. The van der Waals surface area contributed by atoms with E-state index >= 15 is 0 Å². The van der Waals surface area contributed by atoms with E-state index < -0.39 is 0 Å². The van der Waals surface area contributed by atoms with Gasteiger partial charge in [-0.2, -0.15) is 0 Å². The minimum absolute atomic E-state index is 0.138. The Kier molecular flexibility index (Phi) is 3.50. The maximum absolute atomic E-state index is 10.2. The number of hydrogen-bond donors (Lipinski definition) is 2. The number of phenols is 2. The quantitative estimate of drug-likeness (QED) is 0.242. The standard InChI is InChI=1S/C28H18O2/c29-22-12-15-26(30)25(16-22)18-6-4-17(5-7-18)23-13-10-21-9-8-19-2-1-3-20-11-14-24(23)28(21)27(19)20/h1-16,29-30H. The lowest BCUT2D eigenvalue weighted by molar-refractivity contribution is 0.462. The van der Waals surface area contributed by atoms with Gasteiger partial charge in [-0.05, 0) is 67.2 Å². The molecule has 0 aliphatic carbocycles. The Labute approximate surface area is 173 Å². The van der Waals surface area contributed by atoms with E-state index in [1.807, 2.05) is 12.1 Å². The number of phenolic OH excluding ortho intramolecular Hbond substituents is 2. The zero-order valence-corrected chi connectivity index (χ0v) is 16.1. The number of hydrogen-bond acceptors (Lipinski definition) is 2. The van der Waals surface area contributed by atoms with Crippen molar-refractivity contribution in [3.63, 3.8) is 0 Å². The number of aromatic hydroxyl groups is 2. The van der Waals surface area contributed by atoms with Crippen LogP contribution in [0.3, 0.4) is 0 Å². The van der Waals surface area contributed by atoms with E-state index in [1.54, 1.807) is 6.07 Å². The molecule has 0 saturated carbocycles. The van der Waals surface area contributed by atoms with Crippen molar-refractivity contribution in [3.05, 3.63) is 97.1 Å². The molecule has 0 fully saturated rings. The lowest BCUT2D eigenvalue weighted by Crippen LogP contribution is -1.87. The predicted molar refractivity (Wildman–Crippen MR) is 124 cm³/mol. The van der Waals surface area contributed by atoms with Crippen molar-refractivity contribution in [3.8, 4) is 33.8 Å². The molecular formula is C28H18O2. The predicted octanol–water partition coefficient (Wildman–Crippen LogP) is 7.33. The third-order valence-electron chi connectivity index (χ3n) is 6.02. The van der Waals surface area contributed by atoms with Crippen LogP contribution >= 0.6 is 0 Å². The van der Waals surface area contributed by atoms with Gasteiger partial charge in [0, 0.05) is 5.56 Å². The summed E-state index contributed by atoms with van der Waals surface area (Å²) >= 11 is 0. The van der Waals surface area contributed by atoms with Crippen molar-refractivity contribution in [2.24, 2.45) is 0 Å². The lowest BCUT2D eigenvalue weighted by atomic mass is 9.89. The Morgan fingerprint density at radius 3 is 1.80 bits per heavy atom. The molecule has 6 aromatic rings. The minimum atomic E-state index is 0.138. The summed E-state index contributed by atoms with van der Waals surface area (Å²) in [4.78, 5) is 0. The van der Waals surface area contributed by atoms with Crippen LogP contribution in [-0.4, -0.2) is 10.2 Å². The second-order valence-electron chi connectivity index (χ2n) is 7.75. The first-order valence-electron chi connectivity index (χ1n) is 9.98. The largest absolute Gasteiger partial charge is 0.508 e. The molecule has 0 aromatic heterocycles. The molecule has 0 atom stereocenters. The molecule has 6 aromatic carbocycles. The van der Waals surface area contributed by atoms with Crippen LogP contribution in [0.25, 0.3) is 54.6 Å². The van der Waals surface area contributed by atoms with E-state index in [4.69, 9.17) is 0 Å². The van der Waals surface area contributed by atoms with Crippen LogP contribution in [0.1, 0.15) is 0 Å². The van der Waals surface area contributed by atoms with Gasteiger partial charge >= 0.3 is 0 Å². The molecule has 142 valence electrons. The van der Waals surface area contributed by atoms with Gasteiger partial charge in [0.1, 0.15) is 11.5 Å². The van der Waals surface area contributed by atoms with Gasteiger partial charge in [0.2, 0.25) is 0 Å². The van der Waals surface area contributed by atoms with Crippen molar-refractivity contribution in [1.29, 1.82) is 0 Å². The molecule has 2 nitrogen and oxygen atoms in total. The van der Waals surface area contributed by atoms with Crippen LogP contribution in [0.5, 0.6) is 11.5 Å². The highest BCUT2D eigenvalue weighted by molar-refractivity contribution is 6.25. The van der Waals surface area contributed by atoms with Gasteiger partial charge in [0.15, 0.2) is 0 Å². The first kappa shape index (κ1) is 16.9. The third-order valence-corrected chi connectivity index (χ3v) is 6.02. The van der Waals surface area contributed by atoms with Crippen LogP contribution in [0.4, 0.5) is 0 Å². The fraction of sp³-hybridized carbons (Fsp3) is 0. The molecule has 0 saturated heterocycles. The first-order valence-corrected chi connectivity index (χ1v) is 9.98. The summed E-state index contributed by atoms with van der Waals surface area (Å²) in [5.41, 5.74) is 3.80. The normalized spacial score (nSPS) is 11.6. The van der Waals surface area contributed by atoms with Gasteiger partial charge in [-0.1, -0.05) is 78.9 Å². The average Bonchev–Trinajstić information content (AvgIpc) is 2.79. The van der Waals surface area contributed by atoms with Gasteiger partial charge in [-0.25, -0.2) is 0 Å². The molecule has 2 heteroatoms. The number of benzene rings is 6. The Hall–Kier alpha value is -4.04. The zero-order chi connectivity index (χ0) is 20.2. The van der Waals surface area contributed by atoms with Crippen LogP contribution in [0, 0.1) is 0 Å². The molecule has 0 spiro atoms. The summed E-state index contributed by atoms with van der Waals surface area (Å²) < 4.78 is 0. The van der Waals surface area contributed by atoms with E-state index in [1.165, 1.54) is 50.0 Å². The fourth-order valence-corrected chi connectivity index (χ4v) is 4.57. The maximum atomic E-state index is 10.2. The molecule has 0 aliphatic heterocycles. The first-order chi connectivity index (χ1) is 14.7. The van der Waals surface area contributed by atoms with Gasteiger partial charge in [0.05, 0.1) is 0 Å². The second-order valence-corrected chi connectivity index (χ2v) is 7.75. The molecule has 0 unspecified atom stereocenters. The molecule has 30 heavy (non-hydrogen) atoms. The van der Waals surface area contributed by atoms with Crippen molar-refractivity contribution in [1.82, 2.24) is 0 Å². The topological polar surface area (TPSA) is 40.5 Å². The highest BCUT2D eigenvalue weighted by atomic mass is 16.3. The highest BCUT2D eigenvalue weighted by Gasteiger charge is 2.12. The zero-order valence-electron chi connectivity index (χ0n) is 16.1. The summed E-state index contributed by atoms with van der Waals surface area (Å²) in [6.07, 6.45) is 0. The molecule has 0 radical (unpaired) electrons. The van der Waals surface area contributed by atoms with Crippen LogP contribution < -0.4 is 0 Å². The molecule has 0 aliphatic rings. The van der Waals surface area contributed by atoms with Crippen LogP contribution in [0.2, 0.25) is 0 Å². The van der Waals surface area contributed by atoms with Crippen molar-refractivity contribution in [2.45, 2.75) is 0 Å². The summed E-state index contributed by atoms with van der Waals surface area (Å²) in [5, 5.41) is 27.6. The summed E-state index contributed by atoms with van der Waals surface area (Å²) in [7, 11) is 0. The molecule has 2 N–H and O–H groups in total. The average molecular weight is 386 g/mol. The second kappa shape index (κ2) is 6.23. The Morgan fingerprint density at radius 2 is 1.07 bits per heavy atom. The number of rotatable bonds is 2. The maximum Gasteiger partial charge on any atom is 0.123 e. The van der Waals surface area contributed by atoms with Gasteiger partial charge in [-0.3, -0.25) is 0 Å². The van der Waals surface area contributed by atoms with E-state index in [2.05, 4.69) is 66.7 Å². The van der Waals surface area contributed by atoms with Crippen LogP contribution in [0.15, 0.2) is 97.1 Å². The van der Waals surface area contributed by atoms with E-state index in [0.717, 1.165) is 11.1 Å². The smallest absolute Gasteiger partial charge is 0.123 e. The molecular weight excluding hydrogens is 368 g/mol. The summed E-state index contributed by atoms with van der Waals surface area (Å²) in [6, 6.07) is 32.3. The van der Waals surface area contributed by atoms with E-state index in [9.17, 15) is 10.2 Å². The van der Waals surface area contributed by atoms with Gasteiger partial charge < -0.3 is 10.2 Å². The fourth-order valence-electron chi connectivity index (χ4n) is 4.57. The summed E-state index contributed by atoms with van der Waals surface area (Å²) in [5.74, 6) is 0.293. The molecule has 0 amide bonds. The lowest BCUT2D eigenvalue weighted by Gasteiger charge is -2.14. The summed E-state index contributed by atoms with van der Waals surface area (Å²) in [6.45, 7) is 0. The SMILES string of the molecule is Oc1ccc(O)c(-c2ccc(-c3ccc4ccc5cccc6ccc3c4c56)cc2)c1.